The topological polar surface area (TPSA) is 68.2 Å². The van der Waals surface area contributed by atoms with Gasteiger partial charge in [0.15, 0.2) is 11.5 Å². The van der Waals surface area contributed by atoms with E-state index in [9.17, 15) is 9.90 Å². The second kappa shape index (κ2) is 7.05. The van der Waals surface area contributed by atoms with Crippen molar-refractivity contribution in [3.63, 3.8) is 0 Å². The number of hydrogen-bond donors (Lipinski definition) is 1. The molecule has 2 aliphatic rings. The lowest BCUT2D eigenvalue weighted by molar-refractivity contribution is -0.0198. The van der Waals surface area contributed by atoms with Crippen LogP contribution in [0.1, 0.15) is 16.8 Å². The molecule has 2 aromatic carbocycles. The van der Waals surface area contributed by atoms with E-state index in [0.717, 1.165) is 0 Å². The Hall–Kier alpha value is -2.44. The highest BCUT2D eigenvalue weighted by Gasteiger charge is 2.32. The third-order valence-electron chi connectivity index (χ3n) is 4.53. The molecule has 7 heteroatoms. The van der Waals surface area contributed by atoms with Crippen LogP contribution in [0.2, 0.25) is 5.02 Å². The van der Waals surface area contributed by atoms with Gasteiger partial charge in [-0.05, 0) is 42.5 Å². The van der Waals surface area contributed by atoms with E-state index in [-0.39, 0.29) is 25.3 Å². The Bertz CT molecular complexity index is 810. The summed E-state index contributed by atoms with van der Waals surface area (Å²) in [7, 11) is 0. The molecule has 0 unspecified atom stereocenters. The molecule has 0 spiro atoms. The van der Waals surface area contributed by atoms with Crippen molar-refractivity contribution in [3.8, 4) is 17.2 Å². The van der Waals surface area contributed by atoms with Crippen molar-refractivity contribution in [2.24, 2.45) is 0 Å². The summed E-state index contributed by atoms with van der Waals surface area (Å²) in [4.78, 5) is 14.3. The van der Waals surface area contributed by atoms with E-state index in [1.54, 1.807) is 47.4 Å². The van der Waals surface area contributed by atoms with Crippen LogP contribution in [0.25, 0.3) is 0 Å². The third-order valence-corrected chi connectivity index (χ3v) is 4.78. The second-order valence-corrected chi connectivity index (χ2v) is 6.72. The molecular weight excluding hydrogens is 358 g/mol. The molecule has 136 valence electrons. The molecule has 1 fully saturated rings. The van der Waals surface area contributed by atoms with E-state index in [2.05, 4.69) is 0 Å². The number of aliphatic hydroxyl groups is 1. The largest absolute Gasteiger partial charge is 0.488 e. The SMILES string of the molecule is O=C(c1ccc2c(c1)OCO2)N1CC[C@@H](Oc2ccc(Cl)cc2)[C@H](O)C1. The van der Waals surface area contributed by atoms with Gasteiger partial charge < -0.3 is 24.2 Å². The highest BCUT2D eigenvalue weighted by molar-refractivity contribution is 6.30. The second-order valence-electron chi connectivity index (χ2n) is 6.29. The number of halogens is 1. The summed E-state index contributed by atoms with van der Waals surface area (Å²) in [5.74, 6) is 1.70. The minimum absolute atomic E-state index is 0.146. The van der Waals surface area contributed by atoms with E-state index in [0.29, 0.717) is 40.8 Å². The van der Waals surface area contributed by atoms with Crippen LogP contribution in [0.4, 0.5) is 0 Å². The number of ether oxygens (including phenoxy) is 3. The van der Waals surface area contributed by atoms with Gasteiger partial charge in [0.05, 0.1) is 6.54 Å². The minimum Gasteiger partial charge on any atom is -0.488 e. The third kappa shape index (κ3) is 3.43. The minimum atomic E-state index is -0.766. The number of hydrogen-bond acceptors (Lipinski definition) is 5. The van der Waals surface area contributed by atoms with Gasteiger partial charge in [-0.2, -0.15) is 0 Å². The van der Waals surface area contributed by atoms with E-state index < -0.39 is 6.10 Å². The lowest BCUT2D eigenvalue weighted by Crippen LogP contribution is -2.51. The lowest BCUT2D eigenvalue weighted by Gasteiger charge is -2.36. The molecule has 0 bridgehead atoms. The maximum atomic E-state index is 12.7. The molecule has 6 nitrogen and oxygen atoms in total. The van der Waals surface area contributed by atoms with Crippen molar-refractivity contribution >= 4 is 17.5 Å². The molecule has 2 aromatic rings. The fourth-order valence-corrected chi connectivity index (χ4v) is 3.26. The van der Waals surface area contributed by atoms with E-state index >= 15 is 0 Å². The van der Waals surface area contributed by atoms with Crippen molar-refractivity contribution in [3.05, 3.63) is 53.1 Å². The maximum Gasteiger partial charge on any atom is 0.254 e. The van der Waals surface area contributed by atoms with Crippen LogP contribution < -0.4 is 14.2 Å². The summed E-state index contributed by atoms with van der Waals surface area (Å²) < 4.78 is 16.4. The van der Waals surface area contributed by atoms with Crippen molar-refractivity contribution in [1.29, 1.82) is 0 Å². The van der Waals surface area contributed by atoms with Gasteiger partial charge in [0.2, 0.25) is 6.79 Å². The Morgan fingerprint density at radius 2 is 1.92 bits per heavy atom. The molecule has 4 rings (SSSR count). The Morgan fingerprint density at radius 1 is 1.15 bits per heavy atom. The molecule has 0 aromatic heterocycles. The number of aliphatic hydroxyl groups excluding tert-OH is 1. The molecule has 0 aliphatic carbocycles. The number of benzene rings is 2. The number of piperidine rings is 1. The van der Waals surface area contributed by atoms with Gasteiger partial charge in [0, 0.05) is 23.6 Å². The first kappa shape index (κ1) is 17.0. The van der Waals surface area contributed by atoms with E-state index in [1.807, 2.05) is 0 Å². The normalized spacial score (nSPS) is 21.5. The number of carbonyl (C=O) groups is 1. The first-order chi connectivity index (χ1) is 12.6. The van der Waals surface area contributed by atoms with Gasteiger partial charge in [0.25, 0.3) is 5.91 Å². The average Bonchev–Trinajstić information content (AvgIpc) is 3.12. The van der Waals surface area contributed by atoms with Gasteiger partial charge >= 0.3 is 0 Å². The smallest absolute Gasteiger partial charge is 0.254 e. The number of rotatable bonds is 3. The highest BCUT2D eigenvalue weighted by Crippen LogP contribution is 2.33. The summed E-state index contributed by atoms with van der Waals surface area (Å²) in [6.45, 7) is 0.882. The molecule has 2 heterocycles. The van der Waals surface area contributed by atoms with E-state index in [1.165, 1.54) is 0 Å². The van der Waals surface area contributed by atoms with Crippen LogP contribution in [0.15, 0.2) is 42.5 Å². The number of amides is 1. The van der Waals surface area contributed by atoms with Gasteiger partial charge in [0.1, 0.15) is 18.0 Å². The molecule has 0 radical (unpaired) electrons. The number of nitrogens with zero attached hydrogens (tertiary/aromatic N) is 1. The van der Waals surface area contributed by atoms with Crippen LogP contribution in [-0.4, -0.2) is 48.0 Å². The van der Waals surface area contributed by atoms with Crippen molar-refractivity contribution in [2.45, 2.75) is 18.6 Å². The first-order valence-electron chi connectivity index (χ1n) is 8.39. The predicted octanol–water partition coefficient (Wildman–Crippen LogP) is 2.72. The van der Waals surface area contributed by atoms with Crippen LogP contribution in [0.3, 0.4) is 0 Å². The fraction of sp³-hybridized carbons (Fsp3) is 0.316. The summed E-state index contributed by atoms with van der Waals surface area (Å²) in [6.07, 6.45) is -0.588. The number of β-amino-alcohol motifs (C(OH)–C–C–N with tert-alkyl or cyclic N) is 1. The summed E-state index contributed by atoms with van der Waals surface area (Å²) in [5.41, 5.74) is 0.513. The Morgan fingerprint density at radius 3 is 2.69 bits per heavy atom. The number of likely N-dealkylation sites (tertiary alicyclic amines) is 1. The fourth-order valence-electron chi connectivity index (χ4n) is 3.13. The lowest BCUT2D eigenvalue weighted by atomic mass is 10.0. The monoisotopic (exact) mass is 375 g/mol. The molecular formula is C19H18ClNO5. The molecule has 1 saturated heterocycles. The quantitative estimate of drug-likeness (QED) is 0.893. The maximum absolute atomic E-state index is 12.7. The number of carbonyl (C=O) groups excluding carboxylic acids is 1. The zero-order valence-electron chi connectivity index (χ0n) is 13.9. The number of fused-ring (bicyclic) bond motifs is 1. The summed E-state index contributed by atoms with van der Waals surface area (Å²) in [5, 5.41) is 11.0. The van der Waals surface area contributed by atoms with Crippen LogP contribution in [0.5, 0.6) is 17.2 Å². The van der Waals surface area contributed by atoms with E-state index in [4.69, 9.17) is 25.8 Å². The highest BCUT2D eigenvalue weighted by atomic mass is 35.5. The van der Waals surface area contributed by atoms with Crippen LogP contribution >= 0.6 is 11.6 Å². The predicted molar refractivity (Wildman–Crippen MR) is 95.0 cm³/mol. The average molecular weight is 376 g/mol. The van der Waals surface area contributed by atoms with Crippen molar-refractivity contribution in [1.82, 2.24) is 4.90 Å². The first-order valence-corrected chi connectivity index (χ1v) is 8.77. The molecule has 2 aliphatic heterocycles. The van der Waals surface area contributed by atoms with Crippen LogP contribution in [0, 0.1) is 0 Å². The molecule has 2 atom stereocenters. The molecule has 1 amide bonds. The zero-order valence-corrected chi connectivity index (χ0v) is 14.7. The standard InChI is InChI=1S/C19H18ClNO5/c20-13-2-4-14(5-3-13)26-16-7-8-21(10-15(16)22)19(23)12-1-6-17-18(9-12)25-11-24-17/h1-6,9,15-16,22H,7-8,10-11H2/t15-,16-/m1/s1. The molecule has 0 saturated carbocycles. The molecule has 26 heavy (non-hydrogen) atoms. The summed E-state index contributed by atoms with van der Waals surface area (Å²) in [6, 6.07) is 12.1. The zero-order chi connectivity index (χ0) is 18.1. The van der Waals surface area contributed by atoms with Crippen molar-refractivity contribution in [2.75, 3.05) is 19.9 Å². The van der Waals surface area contributed by atoms with Crippen molar-refractivity contribution < 1.29 is 24.1 Å². The Kier molecular flexibility index (Phi) is 4.61. The van der Waals surface area contributed by atoms with Gasteiger partial charge in [-0.15, -0.1) is 0 Å². The van der Waals surface area contributed by atoms with Crippen LogP contribution in [-0.2, 0) is 0 Å². The summed E-state index contributed by atoms with van der Waals surface area (Å²) >= 11 is 5.86. The van der Waals surface area contributed by atoms with Gasteiger partial charge in [-0.3, -0.25) is 4.79 Å². The van der Waals surface area contributed by atoms with Gasteiger partial charge in [-0.1, -0.05) is 11.6 Å². The Balaban J connectivity index is 1.40. The van der Waals surface area contributed by atoms with Gasteiger partial charge in [-0.25, -0.2) is 0 Å². The molecule has 1 N–H and O–H groups in total. The Labute approximate surface area is 155 Å².